The minimum Gasteiger partial charge on any atom is -0.495 e. The summed E-state index contributed by atoms with van der Waals surface area (Å²) in [6.07, 6.45) is -0.747. The number of hydrogen-bond donors (Lipinski definition) is 1. The van der Waals surface area contributed by atoms with E-state index in [0.29, 0.717) is 10.2 Å². The van der Waals surface area contributed by atoms with Gasteiger partial charge in [0, 0.05) is 0 Å². The fraction of sp³-hybridized carbons (Fsp3) is 0.222. The summed E-state index contributed by atoms with van der Waals surface area (Å²) in [6, 6.07) is 2.64. The van der Waals surface area contributed by atoms with Crippen molar-refractivity contribution in [3.8, 4) is 5.75 Å². The summed E-state index contributed by atoms with van der Waals surface area (Å²) >= 11 is 3.11. The number of rotatable bonds is 2. The lowest BCUT2D eigenvalue weighted by molar-refractivity contribution is 0.186. The summed E-state index contributed by atoms with van der Waals surface area (Å²) < 4.78 is 22.9. The Hall–Kier alpha value is -1.30. The van der Waals surface area contributed by atoms with Crippen molar-refractivity contribution in [3.63, 3.8) is 0 Å². The van der Waals surface area contributed by atoms with Gasteiger partial charge in [-0.3, -0.25) is 5.32 Å². The summed E-state index contributed by atoms with van der Waals surface area (Å²) in [5.41, 5.74) is -0.0128. The van der Waals surface area contributed by atoms with E-state index in [2.05, 4.69) is 26.0 Å². The molecule has 0 aliphatic rings. The number of benzene rings is 1. The average Bonchev–Trinajstić information content (AvgIpc) is 2.24. The van der Waals surface area contributed by atoms with E-state index in [1.54, 1.807) is 0 Å². The quantitative estimate of drug-likeness (QED) is 0.904. The zero-order chi connectivity index (χ0) is 11.4. The van der Waals surface area contributed by atoms with Gasteiger partial charge in [-0.05, 0) is 28.1 Å². The molecule has 0 heterocycles. The van der Waals surface area contributed by atoms with Crippen LogP contribution in [0.15, 0.2) is 16.6 Å². The van der Waals surface area contributed by atoms with Crippen LogP contribution in [0.2, 0.25) is 0 Å². The van der Waals surface area contributed by atoms with Gasteiger partial charge in [0.1, 0.15) is 11.6 Å². The largest absolute Gasteiger partial charge is 0.495 e. The molecule has 0 saturated carbocycles. The van der Waals surface area contributed by atoms with Gasteiger partial charge in [-0.1, -0.05) is 0 Å². The molecule has 0 spiro atoms. The van der Waals surface area contributed by atoms with Crippen LogP contribution in [0.5, 0.6) is 5.75 Å². The number of methoxy groups -OCH3 is 2. The minimum atomic E-state index is -0.747. The lowest BCUT2D eigenvalue weighted by Crippen LogP contribution is -2.12. The first-order valence-corrected chi connectivity index (χ1v) is 4.76. The van der Waals surface area contributed by atoms with Crippen molar-refractivity contribution >= 4 is 27.7 Å². The average molecular weight is 278 g/mol. The molecule has 1 aromatic carbocycles. The molecule has 82 valence electrons. The van der Waals surface area contributed by atoms with E-state index in [0.717, 1.165) is 0 Å². The highest BCUT2D eigenvalue weighted by Gasteiger charge is 2.14. The predicted octanol–water partition coefficient (Wildman–Crippen LogP) is 2.78. The molecule has 4 nitrogen and oxygen atoms in total. The van der Waals surface area contributed by atoms with Gasteiger partial charge in [-0.2, -0.15) is 0 Å². The van der Waals surface area contributed by atoms with E-state index in [9.17, 15) is 9.18 Å². The Bertz CT molecular complexity index is 384. The fourth-order valence-corrected chi connectivity index (χ4v) is 1.54. The van der Waals surface area contributed by atoms with Gasteiger partial charge in [0.2, 0.25) is 0 Å². The molecule has 6 heteroatoms. The molecule has 0 aromatic heterocycles. The van der Waals surface area contributed by atoms with Crippen LogP contribution in [0.3, 0.4) is 0 Å². The van der Waals surface area contributed by atoms with Crippen LogP contribution in [-0.2, 0) is 4.74 Å². The third-order valence-electron chi connectivity index (χ3n) is 1.69. The standard InChI is InChI=1S/C9H9BrFNO3/c1-14-6-4-3-5(11)8(7(6)10)12-9(13)15-2/h3-4H,1-2H3,(H,12,13). The monoisotopic (exact) mass is 277 g/mol. The van der Waals surface area contributed by atoms with Gasteiger partial charge >= 0.3 is 6.09 Å². The lowest BCUT2D eigenvalue weighted by atomic mass is 10.3. The van der Waals surface area contributed by atoms with Crippen LogP contribution in [0.25, 0.3) is 0 Å². The van der Waals surface area contributed by atoms with Gasteiger partial charge in [-0.25, -0.2) is 9.18 Å². The Kier molecular flexibility index (Phi) is 3.90. The Morgan fingerprint density at radius 2 is 2.13 bits per heavy atom. The van der Waals surface area contributed by atoms with Crippen molar-refractivity contribution in [2.75, 3.05) is 19.5 Å². The van der Waals surface area contributed by atoms with Gasteiger partial charge in [-0.15, -0.1) is 0 Å². The number of ether oxygens (including phenoxy) is 2. The molecule has 1 rings (SSSR count). The van der Waals surface area contributed by atoms with Crippen LogP contribution in [-0.4, -0.2) is 20.3 Å². The van der Waals surface area contributed by atoms with Crippen molar-refractivity contribution in [3.05, 3.63) is 22.4 Å². The van der Waals surface area contributed by atoms with E-state index in [4.69, 9.17) is 4.74 Å². The number of halogens is 2. The molecule has 0 fully saturated rings. The summed E-state index contributed by atoms with van der Waals surface area (Å²) in [5, 5.41) is 2.24. The van der Waals surface area contributed by atoms with E-state index < -0.39 is 11.9 Å². The smallest absolute Gasteiger partial charge is 0.411 e. The van der Waals surface area contributed by atoms with Gasteiger partial charge < -0.3 is 9.47 Å². The molecule has 0 bridgehead atoms. The van der Waals surface area contributed by atoms with E-state index in [1.807, 2.05) is 0 Å². The molecule has 1 amide bonds. The summed E-state index contributed by atoms with van der Waals surface area (Å²) in [5.74, 6) is -0.157. The molecule has 0 unspecified atom stereocenters. The number of hydrogen-bond acceptors (Lipinski definition) is 3. The van der Waals surface area contributed by atoms with Crippen LogP contribution in [0, 0.1) is 5.82 Å². The Balaban J connectivity index is 3.09. The highest BCUT2D eigenvalue weighted by Crippen LogP contribution is 2.34. The minimum absolute atomic E-state index is 0.0128. The summed E-state index contributed by atoms with van der Waals surface area (Å²) in [7, 11) is 2.64. The number of anilines is 1. The van der Waals surface area contributed by atoms with Gasteiger partial charge in [0.25, 0.3) is 0 Å². The molecular formula is C9H9BrFNO3. The van der Waals surface area contributed by atoms with Crippen molar-refractivity contribution in [1.82, 2.24) is 0 Å². The lowest BCUT2D eigenvalue weighted by Gasteiger charge is -2.10. The third-order valence-corrected chi connectivity index (χ3v) is 2.48. The molecule has 1 aromatic rings. The fourth-order valence-electron chi connectivity index (χ4n) is 0.959. The second-order valence-electron chi connectivity index (χ2n) is 2.56. The first-order valence-electron chi connectivity index (χ1n) is 3.97. The molecule has 0 aliphatic heterocycles. The molecule has 0 aliphatic carbocycles. The first-order chi connectivity index (χ1) is 7.10. The Morgan fingerprint density at radius 3 is 2.67 bits per heavy atom. The van der Waals surface area contributed by atoms with Crippen molar-refractivity contribution in [2.45, 2.75) is 0 Å². The van der Waals surface area contributed by atoms with Crippen LogP contribution in [0.1, 0.15) is 0 Å². The van der Waals surface area contributed by atoms with Crippen molar-refractivity contribution in [2.24, 2.45) is 0 Å². The van der Waals surface area contributed by atoms with Crippen molar-refractivity contribution in [1.29, 1.82) is 0 Å². The zero-order valence-corrected chi connectivity index (χ0v) is 9.72. The van der Waals surface area contributed by atoms with E-state index in [-0.39, 0.29) is 5.69 Å². The predicted molar refractivity (Wildman–Crippen MR) is 56.7 cm³/mol. The van der Waals surface area contributed by atoms with Crippen molar-refractivity contribution < 1.29 is 18.7 Å². The number of carbonyl (C=O) groups is 1. The first kappa shape index (κ1) is 11.8. The molecule has 15 heavy (non-hydrogen) atoms. The maximum Gasteiger partial charge on any atom is 0.411 e. The topological polar surface area (TPSA) is 47.6 Å². The van der Waals surface area contributed by atoms with E-state index in [1.165, 1.54) is 26.4 Å². The summed E-state index contributed by atoms with van der Waals surface area (Å²) in [4.78, 5) is 10.9. The van der Waals surface area contributed by atoms with Crippen LogP contribution in [0.4, 0.5) is 14.9 Å². The normalized spacial score (nSPS) is 9.60. The third kappa shape index (κ3) is 2.59. The van der Waals surface area contributed by atoms with Crippen LogP contribution < -0.4 is 10.1 Å². The molecule has 1 N–H and O–H groups in total. The molecule has 0 saturated heterocycles. The Morgan fingerprint density at radius 1 is 1.47 bits per heavy atom. The summed E-state index contributed by atoms with van der Waals surface area (Å²) in [6.45, 7) is 0. The number of carbonyl (C=O) groups excluding carboxylic acids is 1. The molecule has 0 radical (unpaired) electrons. The number of amides is 1. The highest BCUT2D eigenvalue weighted by atomic mass is 79.9. The molecule has 0 atom stereocenters. The zero-order valence-electron chi connectivity index (χ0n) is 8.14. The second-order valence-corrected chi connectivity index (χ2v) is 3.35. The molecular weight excluding hydrogens is 269 g/mol. The maximum absolute atomic E-state index is 13.3. The second kappa shape index (κ2) is 4.97. The van der Waals surface area contributed by atoms with Gasteiger partial charge in [0.05, 0.1) is 24.4 Å². The van der Waals surface area contributed by atoms with Gasteiger partial charge in [0.15, 0.2) is 0 Å². The Labute approximate surface area is 94.5 Å². The highest BCUT2D eigenvalue weighted by molar-refractivity contribution is 9.10. The SMILES string of the molecule is COC(=O)Nc1c(F)ccc(OC)c1Br. The van der Waals surface area contributed by atoms with E-state index >= 15 is 0 Å². The number of nitrogens with one attached hydrogen (secondary N) is 1. The maximum atomic E-state index is 13.3. The van der Waals surface area contributed by atoms with Crippen LogP contribution >= 0.6 is 15.9 Å².